The molecule has 1 aliphatic heterocycles. The molecule has 0 unspecified atom stereocenters. The van der Waals surface area contributed by atoms with Crippen molar-refractivity contribution in [2.24, 2.45) is 0 Å². The molecule has 1 aliphatic rings. The number of carbonyl (C=O) groups is 1. The second-order valence-electron chi connectivity index (χ2n) is 7.77. The van der Waals surface area contributed by atoms with Gasteiger partial charge < -0.3 is 14.7 Å². The summed E-state index contributed by atoms with van der Waals surface area (Å²) in [5, 5.41) is 28.8. The fraction of sp³-hybridized carbons (Fsp3) is 0.261. The number of nitrogens with zero attached hydrogens (tertiary/aromatic N) is 4. The molecule has 10 nitrogen and oxygen atoms in total. The summed E-state index contributed by atoms with van der Waals surface area (Å²) in [7, 11) is 1.52. The highest BCUT2D eigenvalue weighted by Gasteiger charge is 2.21. The molecule has 0 radical (unpaired) electrons. The maximum absolute atomic E-state index is 12.1. The van der Waals surface area contributed by atoms with Gasteiger partial charge in [-0.3, -0.25) is 15.2 Å². The van der Waals surface area contributed by atoms with E-state index < -0.39 is 10.9 Å². The molecule has 0 atom stereocenters. The summed E-state index contributed by atoms with van der Waals surface area (Å²) >= 11 is 6.94. The van der Waals surface area contributed by atoms with Crippen LogP contribution < -0.4 is 9.64 Å². The Hall–Kier alpha value is -3.57. The molecule has 12 heteroatoms. The third kappa shape index (κ3) is 5.75. The largest absolute Gasteiger partial charge is 0.496 e. The van der Waals surface area contributed by atoms with Crippen LogP contribution in [0.1, 0.15) is 24.8 Å². The highest BCUT2D eigenvalue weighted by atomic mass is 35.5. The first-order valence-corrected chi connectivity index (χ1v) is 12.0. The molecule has 2 N–H and O–H groups in total. The maximum atomic E-state index is 12.1. The molecule has 182 valence electrons. The van der Waals surface area contributed by atoms with Gasteiger partial charge >= 0.3 is 5.97 Å². The molecule has 1 fully saturated rings. The van der Waals surface area contributed by atoms with Crippen molar-refractivity contribution < 1.29 is 19.6 Å². The van der Waals surface area contributed by atoms with Crippen molar-refractivity contribution in [3.8, 4) is 17.1 Å². The minimum Gasteiger partial charge on any atom is -0.496 e. The summed E-state index contributed by atoms with van der Waals surface area (Å²) in [5.74, 6) is -0.308. The van der Waals surface area contributed by atoms with Crippen LogP contribution in [0.3, 0.4) is 0 Å². The van der Waals surface area contributed by atoms with Gasteiger partial charge in [0.25, 0.3) is 5.69 Å². The van der Waals surface area contributed by atoms with E-state index in [1.54, 1.807) is 24.3 Å². The number of carboxylic acid groups (broad SMARTS) is 1. The Balaban J connectivity index is 1.69. The summed E-state index contributed by atoms with van der Waals surface area (Å²) in [6.07, 6.45) is 4.57. The van der Waals surface area contributed by atoms with Gasteiger partial charge in [0.05, 0.1) is 17.6 Å². The molecule has 0 saturated carbocycles. The van der Waals surface area contributed by atoms with Gasteiger partial charge in [-0.2, -0.15) is 0 Å². The number of aromatic amines is 1. The number of non-ortho nitro benzene ring substituents is 1. The number of thioether (sulfide) groups is 1. The number of aromatic nitrogens is 3. The average Bonchev–Trinajstić information content (AvgIpc) is 3.32. The van der Waals surface area contributed by atoms with Crippen LogP contribution in [-0.2, 0) is 4.79 Å². The lowest BCUT2D eigenvalue weighted by Gasteiger charge is -2.30. The summed E-state index contributed by atoms with van der Waals surface area (Å²) in [4.78, 5) is 29.4. The number of H-pyrrole nitrogens is 1. The van der Waals surface area contributed by atoms with E-state index >= 15 is 0 Å². The van der Waals surface area contributed by atoms with E-state index in [1.165, 1.54) is 25.3 Å². The first-order valence-electron chi connectivity index (χ1n) is 10.8. The Morgan fingerprint density at radius 3 is 2.71 bits per heavy atom. The van der Waals surface area contributed by atoms with Crippen molar-refractivity contribution in [2.45, 2.75) is 24.4 Å². The number of hydrogen-bond acceptors (Lipinski definition) is 8. The Labute approximate surface area is 210 Å². The van der Waals surface area contributed by atoms with E-state index in [1.807, 2.05) is 0 Å². The molecule has 0 bridgehead atoms. The molecular weight excluding hydrogens is 494 g/mol. The van der Waals surface area contributed by atoms with Crippen LogP contribution in [0.2, 0.25) is 5.02 Å². The highest BCUT2D eigenvalue weighted by Crippen LogP contribution is 2.35. The molecular formula is C23H22ClN5O5S. The molecule has 35 heavy (non-hydrogen) atoms. The third-order valence-electron chi connectivity index (χ3n) is 5.50. The first-order chi connectivity index (χ1) is 16.9. The van der Waals surface area contributed by atoms with Gasteiger partial charge in [-0.1, -0.05) is 11.6 Å². The third-order valence-corrected chi connectivity index (χ3v) is 6.61. The Morgan fingerprint density at radius 2 is 2.03 bits per heavy atom. The SMILES string of the molecule is COc1ccc(Cl)cc1-c1nc(S/C(=C/c2cc([N+](=O)[O-])ccc2N2CCCCC2)C(=O)O)n[nH]1. The second kappa shape index (κ2) is 10.8. The quantitative estimate of drug-likeness (QED) is 0.178. The van der Waals surface area contributed by atoms with E-state index in [0.29, 0.717) is 27.7 Å². The number of piperidine rings is 1. The van der Waals surface area contributed by atoms with Crippen molar-refractivity contribution >= 4 is 46.8 Å². The molecule has 4 rings (SSSR count). The van der Waals surface area contributed by atoms with E-state index in [9.17, 15) is 20.0 Å². The van der Waals surface area contributed by atoms with Crippen molar-refractivity contribution in [2.75, 3.05) is 25.1 Å². The molecule has 3 aromatic rings. The second-order valence-corrected chi connectivity index (χ2v) is 9.22. The first kappa shape index (κ1) is 24.6. The fourth-order valence-electron chi connectivity index (χ4n) is 3.85. The van der Waals surface area contributed by atoms with Crippen LogP contribution >= 0.6 is 23.4 Å². The summed E-state index contributed by atoms with van der Waals surface area (Å²) in [5.41, 5.74) is 1.68. The van der Waals surface area contributed by atoms with Crippen LogP contribution in [0.4, 0.5) is 11.4 Å². The van der Waals surface area contributed by atoms with Crippen LogP contribution in [-0.4, -0.2) is 51.4 Å². The number of carboxylic acids is 1. The molecule has 1 aromatic heterocycles. The van der Waals surface area contributed by atoms with Gasteiger partial charge in [-0.05, 0) is 61.4 Å². The number of nitro groups is 1. The number of methoxy groups -OCH3 is 1. The Kier molecular flexibility index (Phi) is 7.57. The minimum atomic E-state index is -1.20. The number of nitro benzene ring substituents is 1. The molecule has 0 spiro atoms. The lowest BCUT2D eigenvalue weighted by atomic mass is 10.1. The average molecular weight is 516 g/mol. The summed E-state index contributed by atoms with van der Waals surface area (Å²) < 4.78 is 5.35. The normalized spacial score (nSPS) is 14.1. The molecule has 0 amide bonds. The number of halogens is 1. The van der Waals surface area contributed by atoms with Gasteiger partial charge in [-0.15, -0.1) is 5.10 Å². The number of ether oxygens (including phenoxy) is 1. The smallest absolute Gasteiger partial charge is 0.342 e. The van der Waals surface area contributed by atoms with Gasteiger partial charge in [0.15, 0.2) is 5.82 Å². The van der Waals surface area contributed by atoms with Crippen LogP contribution in [0, 0.1) is 10.1 Å². The van der Waals surface area contributed by atoms with Gasteiger partial charge in [0.2, 0.25) is 5.16 Å². The molecule has 2 aromatic carbocycles. The lowest BCUT2D eigenvalue weighted by Crippen LogP contribution is -2.29. The van der Waals surface area contributed by atoms with Crippen LogP contribution in [0.5, 0.6) is 5.75 Å². The number of nitrogens with one attached hydrogen (secondary N) is 1. The van der Waals surface area contributed by atoms with E-state index in [4.69, 9.17) is 16.3 Å². The maximum Gasteiger partial charge on any atom is 0.342 e. The molecule has 2 heterocycles. The molecule has 0 aliphatic carbocycles. The monoisotopic (exact) mass is 515 g/mol. The predicted molar refractivity (Wildman–Crippen MR) is 134 cm³/mol. The van der Waals surface area contributed by atoms with Crippen LogP contribution in [0.15, 0.2) is 46.5 Å². The lowest BCUT2D eigenvalue weighted by molar-refractivity contribution is -0.384. The number of hydrogen-bond donors (Lipinski definition) is 2. The van der Waals surface area contributed by atoms with Gasteiger partial charge in [0.1, 0.15) is 10.7 Å². The van der Waals surface area contributed by atoms with Crippen molar-refractivity contribution in [1.29, 1.82) is 0 Å². The zero-order valence-electron chi connectivity index (χ0n) is 18.7. The van der Waals surface area contributed by atoms with Crippen molar-refractivity contribution in [1.82, 2.24) is 15.2 Å². The topological polar surface area (TPSA) is 134 Å². The zero-order chi connectivity index (χ0) is 24.9. The van der Waals surface area contributed by atoms with Crippen LogP contribution in [0.25, 0.3) is 17.5 Å². The van der Waals surface area contributed by atoms with Gasteiger partial charge in [0, 0.05) is 41.5 Å². The van der Waals surface area contributed by atoms with Crippen molar-refractivity contribution in [3.05, 3.63) is 62.0 Å². The predicted octanol–water partition coefficient (Wildman–Crippen LogP) is 5.25. The van der Waals surface area contributed by atoms with Crippen molar-refractivity contribution in [3.63, 3.8) is 0 Å². The number of rotatable bonds is 8. The Bertz CT molecular complexity index is 1290. The highest BCUT2D eigenvalue weighted by molar-refractivity contribution is 8.04. The summed E-state index contributed by atoms with van der Waals surface area (Å²) in [6.45, 7) is 1.61. The van der Waals surface area contributed by atoms with Gasteiger partial charge in [-0.25, -0.2) is 9.78 Å². The standard InChI is InChI=1S/C23H22ClN5O5S/c1-34-19-8-5-15(24)13-17(19)21-25-23(27-26-21)35-20(22(30)31)12-14-11-16(29(32)33)6-7-18(14)28-9-3-2-4-10-28/h5-8,11-13H,2-4,9-10H2,1H3,(H,30,31)(H,25,26,27)/b20-12+. The number of anilines is 1. The fourth-order valence-corrected chi connectivity index (χ4v) is 4.72. The number of benzene rings is 2. The minimum absolute atomic E-state index is 0.0765. The van der Waals surface area contributed by atoms with E-state index in [2.05, 4.69) is 20.1 Å². The molecule has 1 saturated heterocycles. The summed E-state index contributed by atoms with van der Waals surface area (Å²) in [6, 6.07) is 9.55. The number of aliphatic carboxylic acids is 1. The van der Waals surface area contributed by atoms with E-state index in [0.717, 1.165) is 49.8 Å². The zero-order valence-corrected chi connectivity index (χ0v) is 20.3. The van der Waals surface area contributed by atoms with E-state index in [-0.39, 0.29) is 15.7 Å². The Morgan fingerprint density at radius 1 is 1.26 bits per heavy atom.